The fourth-order valence-electron chi connectivity index (χ4n) is 2.52. The van der Waals surface area contributed by atoms with Crippen LogP contribution in [0.5, 0.6) is 0 Å². The molecule has 2 aromatic carbocycles. The van der Waals surface area contributed by atoms with Crippen LogP contribution >= 0.6 is 0 Å². The molecule has 1 amide bonds. The summed E-state index contributed by atoms with van der Waals surface area (Å²) in [5.41, 5.74) is 4.91. The number of amides is 1. The molecule has 0 saturated carbocycles. The first-order valence-corrected chi connectivity index (χ1v) is 7.11. The molecule has 5 nitrogen and oxygen atoms in total. The zero-order valence-corrected chi connectivity index (χ0v) is 12.5. The standard InChI is InChI=1S/C17H16FN3O2/c1-20(23)11-15-16(12-5-3-2-4-6-12)19-21(17(15)22)14-9-7-13(18)8-10-14/h2-11,16,19,23H,1H3. The van der Waals surface area contributed by atoms with Gasteiger partial charge in [-0.2, -0.15) is 0 Å². The lowest BCUT2D eigenvalue weighted by atomic mass is 10.0. The van der Waals surface area contributed by atoms with Gasteiger partial charge in [-0.1, -0.05) is 30.3 Å². The maximum atomic E-state index is 13.1. The molecule has 1 unspecified atom stereocenters. The molecular formula is C17H16FN3O2. The normalized spacial score (nSPS) is 19.4. The molecule has 6 heteroatoms. The molecular weight excluding hydrogens is 297 g/mol. The summed E-state index contributed by atoms with van der Waals surface area (Å²) >= 11 is 0. The van der Waals surface area contributed by atoms with Crippen molar-refractivity contribution in [1.29, 1.82) is 0 Å². The van der Waals surface area contributed by atoms with E-state index in [1.165, 1.54) is 42.5 Å². The molecule has 118 valence electrons. The molecule has 1 atom stereocenters. The van der Waals surface area contributed by atoms with Crippen molar-refractivity contribution >= 4 is 11.6 Å². The topological polar surface area (TPSA) is 55.8 Å². The van der Waals surface area contributed by atoms with E-state index >= 15 is 0 Å². The Morgan fingerprint density at radius 1 is 1.17 bits per heavy atom. The maximum Gasteiger partial charge on any atom is 0.272 e. The summed E-state index contributed by atoms with van der Waals surface area (Å²) in [7, 11) is 1.43. The van der Waals surface area contributed by atoms with Crippen molar-refractivity contribution in [3.05, 3.63) is 77.8 Å². The second-order valence-corrected chi connectivity index (χ2v) is 5.25. The van der Waals surface area contributed by atoms with Crippen molar-refractivity contribution in [3.63, 3.8) is 0 Å². The van der Waals surface area contributed by atoms with E-state index in [0.29, 0.717) is 11.3 Å². The third-order valence-electron chi connectivity index (χ3n) is 3.56. The fraction of sp³-hybridized carbons (Fsp3) is 0.118. The molecule has 0 aromatic heterocycles. The first kappa shape index (κ1) is 15.2. The van der Waals surface area contributed by atoms with Gasteiger partial charge in [-0.05, 0) is 29.8 Å². The van der Waals surface area contributed by atoms with Crippen LogP contribution < -0.4 is 10.4 Å². The van der Waals surface area contributed by atoms with Crippen LogP contribution in [0.15, 0.2) is 66.4 Å². The third kappa shape index (κ3) is 3.08. The predicted molar refractivity (Wildman–Crippen MR) is 83.8 cm³/mol. The van der Waals surface area contributed by atoms with E-state index in [1.54, 1.807) is 0 Å². The van der Waals surface area contributed by atoms with Gasteiger partial charge in [0.05, 0.1) is 17.3 Å². The number of carbonyl (C=O) groups is 1. The number of benzene rings is 2. The lowest BCUT2D eigenvalue weighted by Crippen LogP contribution is -2.35. The summed E-state index contributed by atoms with van der Waals surface area (Å²) in [5, 5.41) is 11.7. The number of anilines is 1. The Hall–Kier alpha value is -2.70. The molecule has 1 heterocycles. The summed E-state index contributed by atoms with van der Waals surface area (Å²) < 4.78 is 13.1. The van der Waals surface area contributed by atoms with Gasteiger partial charge in [0.25, 0.3) is 5.91 Å². The van der Waals surface area contributed by atoms with Crippen LogP contribution in [-0.2, 0) is 4.79 Å². The highest BCUT2D eigenvalue weighted by atomic mass is 19.1. The van der Waals surface area contributed by atoms with E-state index in [4.69, 9.17) is 0 Å². The van der Waals surface area contributed by atoms with Crippen molar-refractivity contribution in [2.45, 2.75) is 6.04 Å². The lowest BCUT2D eigenvalue weighted by Gasteiger charge is -2.17. The maximum absolute atomic E-state index is 13.1. The molecule has 1 saturated heterocycles. The summed E-state index contributed by atoms with van der Waals surface area (Å²) in [6, 6.07) is 14.7. The molecule has 2 aromatic rings. The molecule has 0 bridgehead atoms. The second-order valence-electron chi connectivity index (χ2n) is 5.25. The molecule has 1 aliphatic rings. The second kappa shape index (κ2) is 6.20. The number of carbonyl (C=O) groups excluding carboxylic acids is 1. The van der Waals surface area contributed by atoms with Crippen LogP contribution in [0, 0.1) is 5.82 Å². The molecule has 1 fully saturated rings. The molecule has 0 aliphatic carbocycles. The van der Waals surface area contributed by atoms with Gasteiger partial charge in [0.15, 0.2) is 0 Å². The number of hydrogen-bond donors (Lipinski definition) is 2. The minimum atomic E-state index is -0.400. The smallest absolute Gasteiger partial charge is 0.272 e. The number of rotatable bonds is 3. The number of hydroxylamine groups is 2. The minimum Gasteiger partial charge on any atom is -0.289 e. The average molecular weight is 313 g/mol. The van der Waals surface area contributed by atoms with E-state index in [-0.39, 0.29) is 11.7 Å². The third-order valence-corrected chi connectivity index (χ3v) is 3.56. The Balaban J connectivity index is 1.99. The van der Waals surface area contributed by atoms with Crippen molar-refractivity contribution < 1.29 is 14.4 Å². The summed E-state index contributed by atoms with van der Waals surface area (Å²) in [6.07, 6.45) is 1.37. The predicted octanol–water partition coefficient (Wildman–Crippen LogP) is 2.62. The van der Waals surface area contributed by atoms with E-state index in [2.05, 4.69) is 5.43 Å². The molecule has 0 radical (unpaired) electrons. The Bertz CT molecular complexity index is 729. The highest BCUT2D eigenvalue weighted by Gasteiger charge is 2.37. The Kier molecular flexibility index (Phi) is 4.10. The number of halogens is 1. The Morgan fingerprint density at radius 2 is 1.83 bits per heavy atom. The van der Waals surface area contributed by atoms with Crippen LogP contribution in [0.4, 0.5) is 10.1 Å². The molecule has 1 aliphatic heterocycles. The van der Waals surface area contributed by atoms with Crippen molar-refractivity contribution in [3.8, 4) is 0 Å². The summed E-state index contributed by atoms with van der Waals surface area (Å²) in [4.78, 5) is 12.7. The van der Waals surface area contributed by atoms with Gasteiger partial charge in [0, 0.05) is 13.2 Å². The summed E-state index contributed by atoms with van der Waals surface area (Å²) in [5.74, 6) is -0.669. The van der Waals surface area contributed by atoms with Gasteiger partial charge in [-0.25, -0.2) is 14.8 Å². The van der Waals surface area contributed by atoms with Gasteiger partial charge in [-0.3, -0.25) is 15.1 Å². The lowest BCUT2D eigenvalue weighted by molar-refractivity contribution is -0.114. The van der Waals surface area contributed by atoms with E-state index in [1.807, 2.05) is 30.3 Å². The Morgan fingerprint density at radius 3 is 2.43 bits per heavy atom. The first-order valence-electron chi connectivity index (χ1n) is 7.11. The van der Waals surface area contributed by atoms with Crippen LogP contribution in [0.1, 0.15) is 11.6 Å². The van der Waals surface area contributed by atoms with E-state index < -0.39 is 6.04 Å². The monoisotopic (exact) mass is 313 g/mol. The Labute approximate surface area is 133 Å². The number of nitrogens with one attached hydrogen (secondary N) is 1. The van der Waals surface area contributed by atoms with Crippen LogP contribution in [-0.4, -0.2) is 23.2 Å². The number of hydrogen-bond acceptors (Lipinski definition) is 4. The highest BCUT2D eigenvalue weighted by molar-refractivity contribution is 6.08. The van der Waals surface area contributed by atoms with Crippen LogP contribution in [0.3, 0.4) is 0 Å². The van der Waals surface area contributed by atoms with Gasteiger partial charge in [0.1, 0.15) is 5.82 Å². The fourth-order valence-corrected chi connectivity index (χ4v) is 2.52. The number of nitrogens with zero attached hydrogens (tertiary/aromatic N) is 2. The largest absolute Gasteiger partial charge is 0.289 e. The molecule has 3 rings (SSSR count). The van der Waals surface area contributed by atoms with Gasteiger partial charge in [0.2, 0.25) is 0 Å². The quantitative estimate of drug-likeness (QED) is 0.675. The molecule has 23 heavy (non-hydrogen) atoms. The number of hydrazine groups is 1. The van der Waals surface area contributed by atoms with E-state index in [0.717, 1.165) is 10.6 Å². The molecule has 2 N–H and O–H groups in total. The molecule has 0 spiro atoms. The van der Waals surface area contributed by atoms with Gasteiger partial charge >= 0.3 is 0 Å². The van der Waals surface area contributed by atoms with Crippen molar-refractivity contribution in [2.24, 2.45) is 0 Å². The van der Waals surface area contributed by atoms with Gasteiger partial charge < -0.3 is 0 Å². The summed E-state index contributed by atoms with van der Waals surface area (Å²) in [6.45, 7) is 0. The zero-order valence-electron chi connectivity index (χ0n) is 12.5. The first-order chi connectivity index (χ1) is 11.1. The zero-order chi connectivity index (χ0) is 16.4. The SMILES string of the molecule is CN(O)C=C1C(=O)N(c2ccc(F)cc2)NC1c1ccccc1. The van der Waals surface area contributed by atoms with Crippen molar-refractivity contribution in [1.82, 2.24) is 10.5 Å². The van der Waals surface area contributed by atoms with Gasteiger partial charge in [-0.15, -0.1) is 0 Å². The van der Waals surface area contributed by atoms with Crippen LogP contribution in [0.25, 0.3) is 0 Å². The van der Waals surface area contributed by atoms with Crippen LogP contribution in [0.2, 0.25) is 0 Å². The van der Waals surface area contributed by atoms with E-state index in [9.17, 15) is 14.4 Å². The van der Waals surface area contributed by atoms with Crippen molar-refractivity contribution in [2.75, 3.05) is 12.1 Å². The minimum absolute atomic E-state index is 0.300. The average Bonchev–Trinajstić information content (AvgIpc) is 2.86. The highest BCUT2D eigenvalue weighted by Crippen LogP contribution is 2.32.